The van der Waals surface area contributed by atoms with E-state index in [1.54, 1.807) is 0 Å². The van der Waals surface area contributed by atoms with Crippen molar-refractivity contribution in [1.29, 1.82) is 0 Å². The van der Waals surface area contributed by atoms with Crippen LogP contribution in [0.3, 0.4) is 0 Å². The standard InChI is InChI=1S/C15H18O2/c16-15(17)11-14-9-5-4-8-13(14)10-12-6-2-1-3-7-12/h1-3,6-7,11,13H,4-5,8-10H2,(H,16,17)/b14-11+/t13-/m0/s1. The van der Waals surface area contributed by atoms with Gasteiger partial charge in [-0.05, 0) is 37.2 Å². The first-order valence-corrected chi connectivity index (χ1v) is 6.23. The van der Waals surface area contributed by atoms with Crippen LogP contribution in [0.1, 0.15) is 31.2 Å². The Morgan fingerprint density at radius 3 is 2.76 bits per heavy atom. The van der Waals surface area contributed by atoms with E-state index in [9.17, 15) is 4.79 Å². The average Bonchev–Trinajstić information content (AvgIpc) is 2.32. The molecule has 0 aliphatic heterocycles. The number of carbonyl (C=O) groups is 1. The van der Waals surface area contributed by atoms with Crippen molar-refractivity contribution in [3.63, 3.8) is 0 Å². The lowest BCUT2D eigenvalue weighted by atomic mass is 9.80. The number of aliphatic carboxylic acids is 1. The van der Waals surface area contributed by atoms with E-state index in [1.807, 2.05) is 18.2 Å². The van der Waals surface area contributed by atoms with E-state index in [-0.39, 0.29) is 0 Å². The molecular formula is C15H18O2. The van der Waals surface area contributed by atoms with Gasteiger partial charge in [0.05, 0.1) is 0 Å². The molecule has 0 spiro atoms. The van der Waals surface area contributed by atoms with E-state index in [2.05, 4.69) is 12.1 Å². The second-order valence-corrected chi connectivity index (χ2v) is 4.69. The maximum atomic E-state index is 10.8. The van der Waals surface area contributed by atoms with Crippen molar-refractivity contribution >= 4 is 5.97 Å². The molecule has 90 valence electrons. The highest BCUT2D eigenvalue weighted by atomic mass is 16.4. The van der Waals surface area contributed by atoms with Gasteiger partial charge in [0.2, 0.25) is 0 Å². The van der Waals surface area contributed by atoms with Gasteiger partial charge in [-0.1, -0.05) is 42.3 Å². The third-order valence-electron chi connectivity index (χ3n) is 3.43. The molecule has 0 radical (unpaired) electrons. The van der Waals surface area contributed by atoms with Gasteiger partial charge in [0.25, 0.3) is 0 Å². The van der Waals surface area contributed by atoms with Crippen LogP contribution in [0.4, 0.5) is 0 Å². The van der Waals surface area contributed by atoms with Gasteiger partial charge in [-0.15, -0.1) is 0 Å². The van der Waals surface area contributed by atoms with Gasteiger partial charge in [0, 0.05) is 6.08 Å². The molecular weight excluding hydrogens is 212 g/mol. The molecule has 2 nitrogen and oxygen atoms in total. The quantitative estimate of drug-likeness (QED) is 0.808. The van der Waals surface area contributed by atoms with Crippen molar-refractivity contribution in [3.05, 3.63) is 47.5 Å². The second-order valence-electron chi connectivity index (χ2n) is 4.69. The molecule has 17 heavy (non-hydrogen) atoms. The monoisotopic (exact) mass is 230 g/mol. The highest BCUT2D eigenvalue weighted by molar-refractivity contribution is 5.80. The van der Waals surface area contributed by atoms with E-state index < -0.39 is 5.97 Å². The Morgan fingerprint density at radius 2 is 2.06 bits per heavy atom. The molecule has 1 aromatic carbocycles. The summed E-state index contributed by atoms with van der Waals surface area (Å²) in [6, 6.07) is 10.3. The van der Waals surface area contributed by atoms with Crippen molar-refractivity contribution in [3.8, 4) is 0 Å². The SMILES string of the molecule is O=C(O)/C=C1\CCCC[C@H]1Cc1ccccc1. The summed E-state index contributed by atoms with van der Waals surface area (Å²) in [5.74, 6) is -0.387. The van der Waals surface area contributed by atoms with Crippen molar-refractivity contribution in [2.75, 3.05) is 0 Å². The van der Waals surface area contributed by atoms with E-state index in [0.717, 1.165) is 31.3 Å². The largest absolute Gasteiger partial charge is 0.478 e. The van der Waals surface area contributed by atoms with Gasteiger partial charge in [-0.25, -0.2) is 4.79 Å². The molecule has 2 heteroatoms. The van der Waals surface area contributed by atoms with Gasteiger partial charge in [0.1, 0.15) is 0 Å². The zero-order chi connectivity index (χ0) is 12.1. The van der Waals surface area contributed by atoms with Crippen LogP contribution in [0.15, 0.2) is 42.0 Å². The summed E-state index contributed by atoms with van der Waals surface area (Å²) in [6.07, 6.45) is 6.81. The molecule has 1 aromatic rings. The lowest BCUT2D eigenvalue weighted by Crippen LogP contribution is -2.14. The van der Waals surface area contributed by atoms with Gasteiger partial charge in [-0.2, -0.15) is 0 Å². The Bertz CT molecular complexity index is 406. The Hall–Kier alpha value is -1.57. The van der Waals surface area contributed by atoms with Crippen LogP contribution in [-0.4, -0.2) is 11.1 Å². The van der Waals surface area contributed by atoms with Crippen LogP contribution in [0.25, 0.3) is 0 Å². The molecule has 1 saturated carbocycles. The predicted octanol–water partition coefficient (Wildman–Crippen LogP) is 3.43. The number of hydrogen-bond donors (Lipinski definition) is 1. The highest BCUT2D eigenvalue weighted by Gasteiger charge is 2.19. The van der Waals surface area contributed by atoms with Gasteiger partial charge in [0.15, 0.2) is 0 Å². The normalized spacial score (nSPS) is 22.6. The summed E-state index contributed by atoms with van der Waals surface area (Å²) >= 11 is 0. The molecule has 0 saturated heterocycles. The molecule has 2 rings (SSSR count). The van der Waals surface area contributed by atoms with Crippen LogP contribution in [0.5, 0.6) is 0 Å². The first kappa shape index (κ1) is 11.9. The molecule has 1 aliphatic rings. The fraction of sp³-hybridized carbons (Fsp3) is 0.400. The average molecular weight is 230 g/mol. The van der Waals surface area contributed by atoms with Crippen molar-refractivity contribution in [2.45, 2.75) is 32.1 Å². The molecule has 1 atom stereocenters. The fourth-order valence-electron chi connectivity index (χ4n) is 2.59. The topological polar surface area (TPSA) is 37.3 Å². The summed E-state index contributed by atoms with van der Waals surface area (Å²) in [6.45, 7) is 0. The van der Waals surface area contributed by atoms with Gasteiger partial charge >= 0.3 is 5.97 Å². The third kappa shape index (κ3) is 3.45. The van der Waals surface area contributed by atoms with E-state index in [1.165, 1.54) is 18.1 Å². The first-order chi connectivity index (χ1) is 8.25. The lowest BCUT2D eigenvalue weighted by molar-refractivity contribution is -0.131. The van der Waals surface area contributed by atoms with Crippen molar-refractivity contribution in [2.24, 2.45) is 5.92 Å². The van der Waals surface area contributed by atoms with Crippen LogP contribution in [0.2, 0.25) is 0 Å². The smallest absolute Gasteiger partial charge is 0.328 e. The Balaban J connectivity index is 2.09. The minimum absolute atomic E-state index is 0.419. The summed E-state index contributed by atoms with van der Waals surface area (Å²) in [4.78, 5) is 10.8. The first-order valence-electron chi connectivity index (χ1n) is 6.23. The molecule has 0 unspecified atom stereocenters. The van der Waals surface area contributed by atoms with E-state index in [4.69, 9.17) is 5.11 Å². The fourth-order valence-corrected chi connectivity index (χ4v) is 2.59. The Labute approximate surface area is 102 Å². The Kier molecular flexibility index (Phi) is 3.97. The number of rotatable bonds is 3. The molecule has 1 N–H and O–H groups in total. The number of carboxylic acid groups (broad SMARTS) is 1. The molecule has 1 fully saturated rings. The maximum absolute atomic E-state index is 10.8. The number of allylic oxidation sites excluding steroid dienone is 1. The number of hydrogen-bond acceptors (Lipinski definition) is 1. The maximum Gasteiger partial charge on any atom is 0.328 e. The van der Waals surface area contributed by atoms with Crippen molar-refractivity contribution in [1.82, 2.24) is 0 Å². The summed E-state index contributed by atoms with van der Waals surface area (Å²) < 4.78 is 0. The predicted molar refractivity (Wildman–Crippen MR) is 67.8 cm³/mol. The molecule has 1 aliphatic carbocycles. The molecule has 0 aromatic heterocycles. The summed E-state index contributed by atoms with van der Waals surface area (Å²) in [5, 5.41) is 8.87. The zero-order valence-electron chi connectivity index (χ0n) is 9.93. The highest BCUT2D eigenvalue weighted by Crippen LogP contribution is 2.31. The van der Waals surface area contributed by atoms with Crippen LogP contribution >= 0.6 is 0 Å². The van der Waals surface area contributed by atoms with Crippen LogP contribution in [0, 0.1) is 5.92 Å². The lowest BCUT2D eigenvalue weighted by Gasteiger charge is -2.25. The molecule has 0 heterocycles. The number of benzene rings is 1. The zero-order valence-corrected chi connectivity index (χ0v) is 9.93. The van der Waals surface area contributed by atoms with Crippen LogP contribution < -0.4 is 0 Å². The Morgan fingerprint density at radius 1 is 1.29 bits per heavy atom. The second kappa shape index (κ2) is 5.67. The van der Waals surface area contributed by atoms with Crippen molar-refractivity contribution < 1.29 is 9.90 Å². The minimum Gasteiger partial charge on any atom is -0.478 e. The van der Waals surface area contributed by atoms with E-state index >= 15 is 0 Å². The third-order valence-corrected chi connectivity index (χ3v) is 3.43. The van der Waals surface area contributed by atoms with Crippen LogP contribution in [-0.2, 0) is 11.2 Å². The van der Waals surface area contributed by atoms with Gasteiger partial charge in [-0.3, -0.25) is 0 Å². The number of carboxylic acids is 1. The minimum atomic E-state index is -0.806. The molecule has 0 bridgehead atoms. The summed E-state index contributed by atoms with van der Waals surface area (Å²) in [5.41, 5.74) is 2.42. The van der Waals surface area contributed by atoms with E-state index in [0.29, 0.717) is 5.92 Å². The molecule has 0 amide bonds. The van der Waals surface area contributed by atoms with Gasteiger partial charge < -0.3 is 5.11 Å². The summed E-state index contributed by atoms with van der Waals surface area (Å²) in [7, 11) is 0.